The van der Waals surface area contributed by atoms with Crippen LogP contribution in [0.5, 0.6) is 0 Å². The molecule has 0 unspecified atom stereocenters. The molecule has 5 rings (SSSR count). The minimum Gasteiger partial charge on any atom is -0.333 e. The van der Waals surface area contributed by atoms with Crippen LogP contribution in [-0.2, 0) is 19.5 Å². The van der Waals surface area contributed by atoms with Gasteiger partial charge in [-0.05, 0) is 75.3 Å². The minimum atomic E-state index is 0.797. The lowest BCUT2D eigenvalue weighted by molar-refractivity contribution is 0.0293. The van der Waals surface area contributed by atoms with Crippen molar-refractivity contribution in [3.8, 4) is 11.1 Å². The van der Waals surface area contributed by atoms with Gasteiger partial charge in [0.25, 0.3) is 0 Å². The number of hydrazine groups is 1. The summed E-state index contributed by atoms with van der Waals surface area (Å²) in [7, 11) is 3.62. The Bertz CT molecular complexity index is 1570. The molecule has 3 nitrogen and oxygen atoms in total. The summed E-state index contributed by atoms with van der Waals surface area (Å²) in [6, 6.07) is 41.5. The second-order valence-corrected chi connectivity index (χ2v) is 9.97. The lowest BCUT2D eigenvalue weighted by atomic mass is 10.0. The van der Waals surface area contributed by atoms with Gasteiger partial charge in [-0.2, -0.15) is 0 Å². The van der Waals surface area contributed by atoms with Gasteiger partial charge in [-0.1, -0.05) is 143 Å². The first-order chi connectivity index (χ1) is 21.1. The fourth-order valence-electron chi connectivity index (χ4n) is 4.90. The van der Waals surface area contributed by atoms with Crippen molar-refractivity contribution in [1.29, 1.82) is 0 Å². The molecular weight excluding hydrogens is 522 g/mol. The van der Waals surface area contributed by atoms with Crippen LogP contribution in [0.4, 0.5) is 0 Å². The third-order valence-electron chi connectivity index (χ3n) is 7.33. The normalized spacial score (nSPS) is 10.6. The van der Waals surface area contributed by atoms with Crippen LogP contribution in [0.15, 0.2) is 128 Å². The van der Waals surface area contributed by atoms with Crippen LogP contribution in [0.2, 0.25) is 0 Å². The molecule has 0 atom stereocenters. The number of hydrogen-bond donors (Lipinski definition) is 1. The molecular formula is C40H47N3. The van der Waals surface area contributed by atoms with Gasteiger partial charge in [-0.15, -0.1) is 0 Å². The molecule has 0 aliphatic carbocycles. The van der Waals surface area contributed by atoms with Crippen molar-refractivity contribution in [2.24, 2.45) is 5.73 Å². The molecule has 0 bridgehead atoms. The second kappa shape index (κ2) is 17.5. The van der Waals surface area contributed by atoms with E-state index in [4.69, 9.17) is 0 Å². The first-order valence-corrected chi connectivity index (χ1v) is 15.2. The lowest BCUT2D eigenvalue weighted by Crippen LogP contribution is -2.35. The van der Waals surface area contributed by atoms with Gasteiger partial charge in [0.2, 0.25) is 0 Å². The molecule has 0 saturated heterocycles. The molecule has 3 heteroatoms. The van der Waals surface area contributed by atoms with E-state index in [0.717, 1.165) is 30.6 Å². The highest BCUT2D eigenvalue weighted by Gasteiger charge is 2.12. The maximum atomic E-state index is 4.50. The van der Waals surface area contributed by atoms with Gasteiger partial charge in [0.1, 0.15) is 0 Å². The van der Waals surface area contributed by atoms with Gasteiger partial charge < -0.3 is 10.7 Å². The topological polar surface area (TPSA) is 32.5 Å². The monoisotopic (exact) mass is 569 g/mol. The van der Waals surface area contributed by atoms with Gasteiger partial charge in [0, 0.05) is 26.3 Å². The summed E-state index contributed by atoms with van der Waals surface area (Å²) in [5.41, 5.74) is 13.2. The van der Waals surface area contributed by atoms with Crippen molar-refractivity contribution in [2.45, 2.75) is 40.3 Å². The molecule has 0 radical (unpaired) electrons. The van der Waals surface area contributed by atoms with E-state index < -0.39 is 0 Å². The van der Waals surface area contributed by atoms with E-state index in [9.17, 15) is 0 Å². The first kappa shape index (κ1) is 33.1. The molecule has 0 fully saturated rings. The summed E-state index contributed by atoms with van der Waals surface area (Å²) < 4.78 is 0. The third kappa shape index (κ3) is 9.27. The smallest absolute Gasteiger partial charge is 0.0435 e. The predicted molar refractivity (Wildman–Crippen MR) is 189 cm³/mol. The number of aryl methyl sites for hydroxylation is 1. The third-order valence-corrected chi connectivity index (χ3v) is 7.33. The van der Waals surface area contributed by atoms with E-state index in [1.807, 2.05) is 26.0 Å². The van der Waals surface area contributed by atoms with Crippen LogP contribution in [-0.4, -0.2) is 24.1 Å². The van der Waals surface area contributed by atoms with Crippen molar-refractivity contribution in [2.75, 3.05) is 14.1 Å². The van der Waals surface area contributed by atoms with Gasteiger partial charge in [0.05, 0.1) is 0 Å². The number of benzene rings is 5. The van der Waals surface area contributed by atoms with Crippen molar-refractivity contribution in [1.82, 2.24) is 10.0 Å². The number of nitrogens with zero attached hydrogens (tertiary/aromatic N) is 2. The van der Waals surface area contributed by atoms with Crippen LogP contribution in [0.25, 0.3) is 34.1 Å². The Hall–Kier alpha value is -4.44. The highest BCUT2D eigenvalue weighted by molar-refractivity contribution is 5.83. The van der Waals surface area contributed by atoms with E-state index in [1.165, 1.54) is 45.6 Å². The molecule has 0 aromatic heterocycles. The quantitative estimate of drug-likeness (QED) is 0.170. The maximum Gasteiger partial charge on any atom is 0.0435 e. The predicted octanol–water partition coefficient (Wildman–Crippen LogP) is 9.83. The largest absolute Gasteiger partial charge is 0.333 e. The van der Waals surface area contributed by atoms with E-state index in [0.29, 0.717) is 0 Å². The highest BCUT2D eigenvalue weighted by atomic mass is 15.6. The van der Waals surface area contributed by atoms with Crippen LogP contribution >= 0.6 is 0 Å². The van der Waals surface area contributed by atoms with Crippen LogP contribution in [0.1, 0.15) is 48.6 Å². The zero-order chi connectivity index (χ0) is 31.0. The zero-order valence-electron chi connectivity index (χ0n) is 26.5. The summed E-state index contributed by atoms with van der Waals surface area (Å²) in [5.74, 6) is 0. The second-order valence-electron chi connectivity index (χ2n) is 9.97. The molecule has 5 aromatic rings. The van der Waals surface area contributed by atoms with Crippen molar-refractivity contribution >= 4 is 22.9 Å². The average Bonchev–Trinajstić information content (AvgIpc) is 3.09. The number of fused-ring (bicyclic) bond motifs is 1. The van der Waals surface area contributed by atoms with Gasteiger partial charge in [-0.3, -0.25) is 0 Å². The van der Waals surface area contributed by atoms with Crippen LogP contribution in [0.3, 0.4) is 0 Å². The van der Waals surface area contributed by atoms with Gasteiger partial charge >= 0.3 is 0 Å². The zero-order valence-corrected chi connectivity index (χ0v) is 26.5. The minimum absolute atomic E-state index is 0.797. The first-order valence-electron chi connectivity index (χ1n) is 15.2. The van der Waals surface area contributed by atoms with Crippen molar-refractivity contribution in [3.63, 3.8) is 0 Å². The van der Waals surface area contributed by atoms with Crippen molar-refractivity contribution in [3.05, 3.63) is 156 Å². The van der Waals surface area contributed by atoms with Gasteiger partial charge in [-0.25, -0.2) is 5.01 Å². The summed E-state index contributed by atoms with van der Waals surface area (Å²) in [4.78, 5) is 0. The van der Waals surface area contributed by atoms with Gasteiger partial charge in [0.15, 0.2) is 0 Å². The van der Waals surface area contributed by atoms with Crippen molar-refractivity contribution < 1.29 is 0 Å². The molecule has 0 aliphatic rings. The Morgan fingerprint density at radius 1 is 0.628 bits per heavy atom. The van der Waals surface area contributed by atoms with E-state index in [-0.39, 0.29) is 0 Å². The fourth-order valence-corrected chi connectivity index (χ4v) is 4.90. The highest BCUT2D eigenvalue weighted by Crippen LogP contribution is 2.23. The molecule has 0 amide bonds. The van der Waals surface area contributed by atoms with E-state index in [2.05, 4.69) is 158 Å². The summed E-state index contributed by atoms with van der Waals surface area (Å²) in [6.07, 6.45) is 7.28. The Balaban J connectivity index is 0.00000121. The maximum absolute atomic E-state index is 4.50. The molecule has 0 heterocycles. The number of hydrogen-bond acceptors (Lipinski definition) is 3. The summed E-state index contributed by atoms with van der Waals surface area (Å²) in [6.45, 7) is 11.8. The van der Waals surface area contributed by atoms with E-state index in [1.54, 1.807) is 0 Å². The van der Waals surface area contributed by atoms with E-state index >= 15 is 0 Å². The molecule has 222 valence electrons. The average molecular weight is 570 g/mol. The lowest BCUT2D eigenvalue weighted by Gasteiger charge is -2.31. The molecule has 0 saturated carbocycles. The molecule has 0 aliphatic heterocycles. The molecule has 2 N–H and O–H groups in total. The molecule has 43 heavy (non-hydrogen) atoms. The van der Waals surface area contributed by atoms with Crippen LogP contribution < -0.4 is 5.73 Å². The Morgan fingerprint density at radius 3 is 1.74 bits per heavy atom. The standard InChI is InChI=1S/C37H36N2.C2H6.CH5N/c1-4-29-14-19-35(20-15-29)36-21-16-30(17-22-36)27-39(28-31-18-23-33-11-8-9-13-37(33)26-31)38(3)25-24-34-12-7-6-10-32(34)5-2;2*1-2/h5-26H,2,4,27-28H2,1,3H3;1-2H3;2H2,1H3/b25-24-;;. The summed E-state index contributed by atoms with van der Waals surface area (Å²) in [5, 5.41) is 7.12. The fraction of sp³-hybridized carbons (Fsp3) is 0.200. The van der Waals surface area contributed by atoms with Crippen LogP contribution in [0, 0.1) is 0 Å². The Morgan fingerprint density at radius 2 is 1.14 bits per heavy atom. The number of rotatable bonds is 10. The summed E-state index contributed by atoms with van der Waals surface area (Å²) >= 11 is 0. The molecule has 5 aromatic carbocycles. The SMILES string of the molecule is C=Cc1ccccc1/C=C\N(C)N(Cc1ccc(-c2ccc(CC)cc2)cc1)Cc1ccc2ccccc2c1.CC.CN. The molecule has 0 spiro atoms. The number of nitrogens with two attached hydrogens (primary N) is 1. The Kier molecular flexibility index (Phi) is 13.5. The Labute approximate surface area is 259 Å².